The summed E-state index contributed by atoms with van der Waals surface area (Å²) in [5.74, 6) is 0.868. The van der Waals surface area contributed by atoms with Gasteiger partial charge in [-0.15, -0.1) is 0 Å². The van der Waals surface area contributed by atoms with E-state index in [1.807, 2.05) is 44.2 Å². The number of furan rings is 1. The number of fused-ring (bicyclic) bond motifs is 2. The van der Waals surface area contributed by atoms with Gasteiger partial charge in [-0.25, -0.2) is 0 Å². The smallest absolute Gasteiger partial charge is 0.291 e. The Hall–Kier alpha value is -3.60. The predicted molar refractivity (Wildman–Crippen MR) is 123 cm³/mol. The summed E-state index contributed by atoms with van der Waals surface area (Å²) in [6.07, 6.45) is 1.58. The molecule has 0 fully saturated rings. The lowest BCUT2D eigenvalue weighted by Gasteiger charge is -2.24. The molecular weight excluding hydrogens is 402 g/mol. The summed E-state index contributed by atoms with van der Waals surface area (Å²) < 4.78 is 11.6. The highest BCUT2D eigenvalue weighted by Gasteiger charge is 2.43. The topological polar surface area (TPSA) is 63.7 Å². The zero-order chi connectivity index (χ0) is 22.6. The highest BCUT2D eigenvalue weighted by Crippen LogP contribution is 2.40. The second-order valence-electron chi connectivity index (χ2n) is 8.87. The molecule has 0 aliphatic carbocycles. The van der Waals surface area contributed by atoms with E-state index in [9.17, 15) is 9.59 Å². The number of nitrogens with zero attached hydrogens (tertiary/aromatic N) is 1. The summed E-state index contributed by atoms with van der Waals surface area (Å²) in [7, 11) is 0. The van der Waals surface area contributed by atoms with Crippen molar-refractivity contribution < 1.29 is 13.6 Å². The van der Waals surface area contributed by atoms with E-state index in [2.05, 4.69) is 26.0 Å². The molecule has 1 aliphatic rings. The Balaban J connectivity index is 1.74. The average Bonchev–Trinajstić information content (AvgIpc) is 3.37. The molecule has 0 bridgehead atoms. The number of benzene rings is 2. The third-order valence-electron chi connectivity index (χ3n) is 6.22. The molecule has 1 aliphatic heterocycles. The Morgan fingerprint density at radius 2 is 1.78 bits per heavy atom. The van der Waals surface area contributed by atoms with Crippen molar-refractivity contribution >= 4 is 16.9 Å². The number of amides is 1. The summed E-state index contributed by atoms with van der Waals surface area (Å²) in [5, 5.41) is 0.512. The van der Waals surface area contributed by atoms with Crippen LogP contribution < -0.4 is 5.43 Å². The van der Waals surface area contributed by atoms with E-state index in [1.54, 1.807) is 17.2 Å². The first-order valence-corrected chi connectivity index (χ1v) is 10.9. The van der Waals surface area contributed by atoms with Gasteiger partial charge >= 0.3 is 0 Å². The van der Waals surface area contributed by atoms with E-state index in [0.717, 1.165) is 16.7 Å². The Kier molecular flexibility index (Phi) is 4.77. The van der Waals surface area contributed by atoms with Crippen molar-refractivity contribution in [1.82, 2.24) is 4.90 Å². The molecule has 0 spiro atoms. The molecule has 3 heterocycles. The zero-order valence-corrected chi connectivity index (χ0v) is 18.6. The molecule has 5 rings (SSSR count). The van der Waals surface area contributed by atoms with Gasteiger partial charge in [0, 0.05) is 0 Å². The Morgan fingerprint density at radius 1 is 1.03 bits per heavy atom. The first-order chi connectivity index (χ1) is 15.3. The summed E-state index contributed by atoms with van der Waals surface area (Å²) in [6, 6.07) is 15.0. The second kappa shape index (κ2) is 7.52. The number of carbonyl (C=O) groups is 1. The van der Waals surface area contributed by atoms with E-state index < -0.39 is 6.04 Å². The monoisotopic (exact) mass is 427 g/mol. The van der Waals surface area contributed by atoms with Crippen LogP contribution in [0, 0.1) is 13.8 Å². The van der Waals surface area contributed by atoms with Crippen LogP contribution in [0.15, 0.2) is 68.4 Å². The molecule has 0 radical (unpaired) electrons. The Bertz CT molecular complexity index is 1380. The summed E-state index contributed by atoms with van der Waals surface area (Å²) in [4.78, 5) is 28.9. The van der Waals surface area contributed by atoms with Crippen LogP contribution in [-0.4, -0.2) is 10.8 Å². The first-order valence-electron chi connectivity index (χ1n) is 10.9. The molecule has 2 aromatic carbocycles. The van der Waals surface area contributed by atoms with Gasteiger partial charge in [0.05, 0.1) is 29.8 Å². The SMILES string of the molecule is Cc1cc(C)c2oc3c(c(=O)c2c1)C(c1ccc(C(C)C)cc1)N(Cc1ccco1)C3=O. The zero-order valence-electron chi connectivity index (χ0n) is 18.6. The van der Waals surface area contributed by atoms with Gasteiger partial charge in [-0.3, -0.25) is 9.59 Å². The highest BCUT2D eigenvalue weighted by molar-refractivity contribution is 5.99. The molecule has 1 amide bonds. The van der Waals surface area contributed by atoms with Gasteiger partial charge in [0.2, 0.25) is 5.76 Å². The van der Waals surface area contributed by atoms with Crippen molar-refractivity contribution in [2.45, 2.75) is 46.2 Å². The molecule has 4 aromatic rings. The fourth-order valence-electron chi connectivity index (χ4n) is 4.62. The van der Waals surface area contributed by atoms with Crippen LogP contribution >= 0.6 is 0 Å². The molecule has 0 saturated carbocycles. The maximum Gasteiger partial charge on any atom is 0.291 e. The van der Waals surface area contributed by atoms with Crippen LogP contribution in [-0.2, 0) is 6.54 Å². The lowest BCUT2D eigenvalue weighted by atomic mass is 9.94. The molecule has 5 heteroatoms. The van der Waals surface area contributed by atoms with Crippen molar-refractivity contribution in [2.24, 2.45) is 0 Å². The molecule has 1 atom stereocenters. The van der Waals surface area contributed by atoms with Crippen molar-refractivity contribution in [3.63, 3.8) is 0 Å². The second-order valence-corrected chi connectivity index (χ2v) is 8.87. The molecular formula is C27H25NO4. The van der Waals surface area contributed by atoms with E-state index in [0.29, 0.717) is 28.2 Å². The van der Waals surface area contributed by atoms with Gasteiger partial charge in [-0.1, -0.05) is 44.2 Å². The lowest BCUT2D eigenvalue weighted by Crippen LogP contribution is -2.29. The average molecular weight is 428 g/mol. The summed E-state index contributed by atoms with van der Waals surface area (Å²) in [6.45, 7) is 8.37. The maximum atomic E-state index is 13.7. The fraction of sp³-hybridized carbons (Fsp3) is 0.259. The predicted octanol–water partition coefficient (Wildman–Crippen LogP) is 5.87. The van der Waals surface area contributed by atoms with Crippen molar-refractivity contribution in [2.75, 3.05) is 0 Å². The minimum atomic E-state index is -0.537. The van der Waals surface area contributed by atoms with Crippen LogP contribution in [0.3, 0.4) is 0 Å². The largest absolute Gasteiger partial charge is 0.467 e. The number of hydrogen-bond donors (Lipinski definition) is 0. The molecule has 0 N–H and O–H groups in total. The third kappa shape index (κ3) is 3.16. The van der Waals surface area contributed by atoms with Gasteiger partial charge in [0.15, 0.2) is 5.43 Å². The summed E-state index contributed by atoms with van der Waals surface area (Å²) >= 11 is 0. The number of carbonyl (C=O) groups excluding carboxylic acids is 1. The third-order valence-corrected chi connectivity index (χ3v) is 6.22. The van der Waals surface area contributed by atoms with E-state index in [-0.39, 0.29) is 23.6 Å². The molecule has 2 aromatic heterocycles. The van der Waals surface area contributed by atoms with Crippen LogP contribution in [0.1, 0.15) is 69.9 Å². The van der Waals surface area contributed by atoms with E-state index >= 15 is 0 Å². The van der Waals surface area contributed by atoms with Crippen LogP contribution in [0.25, 0.3) is 11.0 Å². The maximum absolute atomic E-state index is 13.7. The van der Waals surface area contributed by atoms with E-state index in [1.165, 1.54) is 5.56 Å². The van der Waals surface area contributed by atoms with Gasteiger partial charge in [-0.05, 0) is 60.2 Å². The van der Waals surface area contributed by atoms with E-state index in [4.69, 9.17) is 8.83 Å². The van der Waals surface area contributed by atoms with Crippen LogP contribution in [0.4, 0.5) is 0 Å². The number of hydrogen-bond acceptors (Lipinski definition) is 4. The molecule has 1 unspecified atom stereocenters. The minimum absolute atomic E-state index is 0.124. The lowest BCUT2D eigenvalue weighted by molar-refractivity contribution is 0.0701. The Morgan fingerprint density at radius 3 is 2.44 bits per heavy atom. The van der Waals surface area contributed by atoms with Gasteiger partial charge in [0.25, 0.3) is 5.91 Å². The first kappa shape index (κ1) is 20.3. The standard InChI is InChI=1S/C27H25NO4/c1-15(2)18-7-9-19(10-8-18)23-22-24(29)21-13-16(3)12-17(4)25(21)32-26(22)27(30)28(23)14-20-6-5-11-31-20/h5-13,15,23H,14H2,1-4H3. The van der Waals surface area contributed by atoms with Gasteiger partial charge in [0.1, 0.15) is 11.3 Å². The normalized spacial score (nSPS) is 15.7. The Labute approximate surface area is 186 Å². The van der Waals surface area contributed by atoms with Crippen molar-refractivity contribution in [3.8, 4) is 0 Å². The van der Waals surface area contributed by atoms with Crippen LogP contribution in [0.5, 0.6) is 0 Å². The van der Waals surface area contributed by atoms with Gasteiger partial charge in [-0.2, -0.15) is 0 Å². The highest BCUT2D eigenvalue weighted by atomic mass is 16.4. The molecule has 32 heavy (non-hydrogen) atoms. The number of aryl methyl sites for hydroxylation is 2. The van der Waals surface area contributed by atoms with Crippen LogP contribution in [0.2, 0.25) is 0 Å². The number of rotatable bonds is 4. The molecule has 5 nitrogen and oxygen atoms in total. The van der Waals surface area contributed by atoms with Crippen molar-refractivity contribution in [3.05, 3.63) is 104 Å². The summed E-state index contributed by atoms with van der Waals surface area (Å²) in [5.41, 5.74) is 4.63. The van der Waals surface area contributed by atoms with Gasteiger partial charge < -0.3 is 13.7 Å². The van der Waals surface area contributed by atoms with Crippen molar-refractivity contribution in [1.29, 1.82) is 0 Å². The minimum Gasteiger partial charge on any atom is -0.467 e. The molecule has 162 valence electrons. The quantitative estimate of drug-likeness (QED) is 0.408. The molecule has 0 saturated heterocycles. The fourth-order valence-corrected chi connectivity index (χ4v) is 4.62.